The van der Waals surface area contributed by atoms with Crippen molar-refractivity contribution in [1.29, 1.82) is 0 Å². The van der Waals surface area contributed by atoms with Crippen LogP contribution in [0.2, 0.25) is 0 Å². The van der Waals surface area contributed by atoms with Gasteiger partial charge in [-0.05, 0) is 56.7 Å². The first-order valence-electron chi connectivity index (χ1n) is 9.57. The number of hydrogen-bond acceptors (Lipinski definition) is 5. The second kappa shape index (κ2) is 8.98. The Hall–Kier alpha value is -3.35. The maximum atomic E-state index is 13.2. The standard InChI is InChI=1S/C23H25FN2O4/c1-14-20(16(3)30-25-14)13-29-21-11-8-18(12-22(21)28-5)23(27)26(4)15(2)17-6-9-19(24)10-7-17/h6-12,15H,13H2,1-5H3. The van der Waals surface area contributed by atoms with E-state index < -0.39 is 0 Å². The highest BCUT2D eigenvalue weighted by atomic mass is 19.1. The van der Waals surface area contributed by atoms with E-state index in [9.17, 15) is 9.18 Å². The number of amides is 1. The molecule has 0 aliphatic carbocycles. The number of nitrogens with zero attached hydrogens (tertiary/aromatic N) is 2. The molecule has 0 aliphatic rings. The smallest absolute Gasteiger partial charge is 0.254 e. The van der Waals surface area contributed by atoms with E-state index in [2.05, 4.69) is 5.16 Å². The van der Waals surface area contributed by atoms with Gasteiger partial charge in [0.1, 0.15) is 18.2 Å². The van der Waals surface area contributed by atoms with Crippen LogP contribution in [0.25, 0.3) is 0 Å². The molecule has 0 fully saturated rings. The number of carbonyl (C=O) groups excluding carboxylic acids is 1. The summed E-state index contributed by atoms with van der Waals surface area (Å²) in [5.74, 6) is 1.19. The molecule has 30 heavy (non-hydrogen) atoms. The molecule has 1 atom stereocenters. The summed E-state index contributed by atoms with van der Waals surface area (Å²) in [6.07, 6.45) is 0. The number of carbonyl (C=O) groups is 1. The predicted molar refractivity (Wildman–Crippen MR) is 110 cm³/mol. The van der Waals surface area contributed by atoms with Gasteiger partial charge < -0.3 is 18.9 Å². The Labute approximate surface area is 175 Å². The zero-order valence-corrected chi connectivity index (χ0v) is 17.7. The summed E-state index contributed by atoms with van der Waals surface area (Å²) in [5.41, 5.74) is 2.96. The van der Waals surface area contributed by atoms with E-state index in [0.717, 1.165) is 16.8 Å². The molecule has 1 unspecified atom stereocenters. The normalized spacial score (nSPS) is 11.8. The first-order chi connectivity index (χ1) is 14.3. The Kier molecular flexibility index (Phi) is 6.40. The van der Waals surface area contributed by atoms with E-state index in [0.29, 0.717) is 22.8 Å². The maximum Gasteiger partial charge on any atom is 0.254 e. The van der Waals surface area contributed by atoms with Gasteiger partial charge in [0.2, 0.25) is 0 Å². The van der Waals surface area contributed by atoms with Gasteiger partial charge in [-0.25, -0.2) is 4.39 Å². The molecule has 1 heterocycles. The van der Waals surface area contributed by atoms with Crippen LogP contribution in [-0.4, -0.2) is 30.1 Å². The molecular weight excluding hydrogens is 387 g/mol. The van der Waals surface area contributed by atoms with Crippen LogP contribution in [0.4, 0.5) is 4.39 Å². The molecule has 0 saturated carbocycles. The van der Waals surface area contributed by atoms with E-state index in [-0.39, 0.29) is 24.4 Å². The number of rotatable bonds is 7. The second-order valence-electron chi connectivity index (χ2n) is 7.10. The summed E-state index contributed by atoms with van der Waals surface area (Å²) in [6.45, 7) is 5.86. The van der Waals surface area contributed by atoms with Gasteiger partial charge in [-0.1, -0.05) is 17.3 Å². The van der Waals surface area contributed by atoms with Crippen molar-refractivity contribution in [2.24, 2.45) is 0 Å². The monoisotopic (exact) mass is 412 g/mol. The quantitative estimate of drug-likeness (QED) is 0.555. The van der Waals surface area contributed by atoms with Gasteiger partial charge in [-0.15, -0.1) is 0 Å². The Bertz CT molecular complexity index is 1010. The van der Waals surface area contributed by atoms with E-state index in [1.54, 1.807) is 42.3 Å². The molecule has 3 rings (SSSR count). The number of ether oxygens (including phenoxy) is 2. The SMILES string of the molecule is COc1cc(C(=O)N(C)C(C)c2ccc(F)cc2)ccc1OCc1c(C)noc1C. The zero-order valence-electron chi connectivity index (χ0n) is 17.7. The highest BCUT2D eigenvalue weighted by Crippen LogP contribution is 2.31. The molecule has 0 saturated heterocycles. The van der Waals surface area contributed by atoms with Gasteiger partial charge in [-0.3, -0.25) is 4.79 Å². The van der Waals surface area contributed by atoms with Gasteiger partial charge in [0.05, 0.1) is 24.4 Å². The minimum atomic E-state index is -0.308. The van der Waals surface area contributed by atoms with Crippen molar-refractivity contribution in [2.75, 3.05) is 14.2 Å². The molecule has 2 aromatic carbocycles. The minimum Gasteiger partial charge on any atom is -0.493 e. The lowest BCUT2D eigenvalue weighted by atomic mass is 10.1. The fourth-order valence-electron chi connectivity index (χ4n) is 3.12. The van der Waals surface area contributed by atoms with Crippen LogP contribution in [0.15, 0.2) is 47.0 Å². The van der Waals surface area contributed by atoms with Crippen LogP contribution in [0.5, 0.6) is 11.5 Å². The van der Waals surface area contributed by atoms with Crippen LogP contribution in [0.3, 0.4) is 0 Å². The van der Waals surface area contributed by atoms with E-state index in [4.69, 9.17) is 14.0 Å². The number of methoxy groups -OCH3 is 1. The average molecular weight is 412 g/mol. The molecular formula is C23H25FN2O4. The van der Waals surface area contributed by atoms with E-state index in [1.165, 1.54) is 19.2 Å². The van der Waals surface area contributed by atoms with Gasteiger partial charge in [0.15, 0.2) is 11.5 Å². The van der Waals surface area contributed by atoms with Crippen molar-refractivity contribution in [3.8, 4) is 11.5 Å². The van der Waals surface area contributed by atoms with Gasteiger partial charge >= 0.3 is 0 Å². The first kappa shape index (κ1) is 21.4. The van der Waals surface area contributed by atoms with Gasteiger partial charge in [0.25, 0.3) is 5.91 Å². The molecule has 7 heteroatoms. The Morgan fingerprint density at radius 3 is 2.47 bits per heavy atom. The van der Waals surface area contributed by atoms with Crippen LogP contribution >= 0.6 is 0 Å². The van der Waals surface area contributed by atoms with Gasteiger partial charge in [-0.2, -0.15) is 0 Å². The van der Waals surface area contributed by atoms with Crippen LogP contribution < -0.4 is 9.47 Å². The molecule has 1 aromatic heterocycles. The summed E-state index contributed by atoms with van der Waals surface area (Å²) in [5, 5.41) is 3.92. The third kappa shape index (κ3) is 4.45. The number of hydrogen-bond donors (Lipinski definition) is 0. The molecule has 0 N–H and O–H groups in total. The lowest BCUT2D eigenvalue weighted by Crippen LogP contribution is -2.29. The van der Waals surface area contributed by atoms with E-state index >= 15 is 0 Å². The summed E-state index contributed by atoms with van der Waals surface area (Å²) in [7, 11) is 3.24. The summed E-state index contributed by atoms with van der Waals surface area (Å²) >= 11 is 0. The molecule has 0 bridgehead atoms. The molecule has 1 amide bonds. The number of aryl methyl sites for hydroxylation is 2. The summed E-state index contributed by atoms with van der Waals surface area (Å²) < 4.78 is 29.6. The number of halogens is 1. The fourth-order valence-corrected chi connectivity index (χ4v) is 3.12. The molecule has 6 nitrogen and oxygen atoms in total. The van der Waals surface area contributed by atoms with Crippen LogP contribution in [0.1, 0.15) is 45.9 Å². The summed E-state index contributed by atoms with van der Waals surface area (Å²) in [4.78, 5) is 14.6. The first-order valence-corrected chi connectivity index (χ1v) is 9.57. The molecule has 3 aromatic rings. The number of benzene rings is 2. The highest BCUT2D eigenvalue weighted by Gasteiger charge is 2.21. The lowest BCUT2D eigenvalue weighted by Gasteiger charge is -2.26. The van der Waals surface area contributed by atoms with Crippen LogP contribution in [0, 0.1) is 19.7 Å². The van der Waals surface area contributed by atoms with E-state index in [1.807, 2.05) is 20.8 Å². The van der Waals surface area contributed by atoms with Crippen molar-refractivity contribution >= 4 is 5.91 Å². The molecule has 0 spiro atoms. The largest absolute Gasteiger partial charge is 0.493 e. The zero-order chi connectivity index (χ0) is 21.8. The van der Waals surface area contributed by atoms with Crippen molar-refractivity contribution in [3.63, 3.8) is 0 Å². The third-order valence-electron chi connectivity index (χ3n) is 5.22. The van der Waals surface area contributed by atoms with Crippen molar-refractivity contribution in [1.82, 2.24) is 10.1 Å². The third-order valence-corrected chi connectivity index (χ3v) is 5.22. The second-order valence-corrected chi connectivity index (χ2v) is 7.10. The lowest BCUT2D eigenvalue weighted by molar-refractivity contribution is 0.0742. The predicted octanol–water partition coefficient (Wildman–Crippen LogP) is 4.85. The molecule has 0 radical (unpaired) electrons. The fraction of sp³-hybridized carbons (Fsp3) is 0.304. The topological polar surface area (TPSA) is 64.8 Å². The Morgan fingerprint density at radius 2 is 1.87 bits per heavy atom. The van der Waals surface area contributed by atoms with Crippen LogP contribution in [-0.2, 0) is 6.61 Å². The van der Waals surface area contributed by atoms with Crippen molar-refractivity contribution < 1.29 is 23.2 Å². The maximum absolute atomic E-state index is 13.2. The minimum absolute atomic E-state index is 0.178. The molecule has 158 valence electrons. The number of aromatic nitrogens is 1. The average Bonchev–Trinajstić information content (AvgIpc) is 3.08. The van der Waals surface area contributed by atoms with Crippen molar-refractivity contribution in [3.05, 3.63) is 76.4 Å². The summed E-state index contributed by atoms with van der Waals surface area (Å²) in [6, 6.07) is 11.0. The van der Waals surface area contributed by atoms with Crippen molar-refractivity contribution in [2.45, 2.75) is 33.4 Å². The Balaban J connectivity index is 1.75. The molecule has 0 aliphatic heterocycles. The van der Waals surface area contributed by atoms with Gasteiger partial charge in [0, 0.05) is 12.6 Å². The Morgan fingerprint density at radius 1 is 1.17 bits per heavy atom. The highest BCUT2D eigenvalue weighted by molar-refractivity contribution is 5.95.